The fraction of sp³-hybridized carbons (Fsp3) is 0.345. The highest BCUT2D eigenvalue weighted by atomic mass is 32.1. The first kappa shape index (κ1) is 27.2. The van der Waals surface area contributed by atoms with E-state index in [2.05, 4.69) is 11.9 Å². The molecule has 1 unspecified atom stereocenters. The van der Waals surface area contributed by atoms with Crippen LogP contribution in [0.3, 0.4) is 0 Å². The molecule has 0 fully saturated rings. The predicted molar refractivity (Wildman–Crippen MR) is 147 cm³/mol. The highest BCUT2D eigenvalue weighted by Crippen LogP contribution is 2.32. The van der Waals surface area contributed by atoms with Crippen molar-refractivity contribution in [3.63, 3.8) is 0 Å². The summed E-state index contributed by atoms with van der Waals surface area (Å²) in [6.07, 6.45) is 3.79. The molecule has 3 aromatic rings. The zero-order valence-corrected chi connectivity index (χ0v) is 23.1. The van der Waals surface area contributed by atoms with Crippen molar-refractivity contribution >= 4 is 23.4 Å². The Morgan fingerprint density at radius 3 is 2.50 bits per heavy atom. The number of hydrogen-bond acceptors (Lipinski definition) is 8. The van der Waals surface area contributed by atoms with Gasteiger partial charge in [0.25, 0.3) is 5.56 Å². The number of allylic oxidation sites excluding steroid dienone is 1. The summed E-state index contributed by atoms with van der Waals surface area (Å²) in [5.74, 6) is 1.44. The average Bonchev–Trinajstić information content (AvgIpc) is 3.22. The highest BCUT2D eigenvalue weighted by Gasteiger charge is 2.33. The van der Waals surface area contributed by atoms with E-state index in [1.54, 1.807) is 50.8 Å². The molecule has 200 valence electrons. The van der Waals surface area contributed by atoms with Crippen LogP contribution in [0.15, 0.2) is 63.5 Å². The summed E-state index contributed by atoms with van der Waals surface area (Å²) in [5.41, 5.74) is 2.16. The maximum absolute atomic E-state index is 13.8. The van der Waals surface area contributed by atoms with Crippen molar-refractivity contribution in [2.75, 3.05) is 27.4 Å². The molecule has 4 rings (SSSR count). The van der Waals surface area contributed by atoms with Gasteiger partial charge in [0.2, 0.25) is 0 Å². The number of nitrogens with zero attached hydrogens (tertiary/aromatic N) is 2. The molecule has 0 amide bonds. The maximum atomic E-state index is 13.8. The van der Waals surface area contributed by atoms with Gasteiger partial charge in [-0.1, -0.05) is 42.9 Å². The molecule has 0 radical (unpaired) electrons. The molecular weight excluding hydrogens is 504 g/mol. The van der Waals surface area contributed by atoms with E-state index in [9.17, 15) is 9.59 Å². The Labute approximate surface area is 225 Å². The van der Waals surface area contributed by atoms with Crippen molar-refractivity contribution in [3.05, 3.63) is 84.5 Å². The van der Waals surface area contributed by atoms with Crippen LogP contribution < -0.4 is 29.1 Å². The lowest BCUT2D eigenvalue weighted by molar-refractivity contribution is -0.139. The second-order valence-electron chi connectivity index (χ2n) is 8.69. The summed E-state index contributed by atoms with van der Waals surface area (Å²) in [6, 6.07) is 12.2. The molecule has 1 atom stereocenters. The summed E-state index contributed by atoms with van der Waals surface area (Å²) in [4.78, 5) is 31.9. The predicted octanol–water partition coefficient (Wildman–Crippen LogP) is 3.99. The van der Waals surface area contributed by atoms with Crippen LogP contribution in [-0.2, 0) is 9.53 Å². The number of thiazole rings is 1. The van der Waals surface area contributed by atoms with Gasteiger partial charge in [-0.15, -0.1) is 0 Å². The first-order valence-electron chi connectivity index (χ1n) is 12.6. The van der Waals surface area contributed by atoms with Crippen molar-refractivity contribution in [3.8, 4) is 17.2 Å². The van der Waals surface area contributed by atoms with E-state index >= 15 is 0 Å². The number of unbranched alkanes of at least 4 members (excludes halogenated alkanes) is 1. The summed E-state index contributed by atoms with van der Waals surface area (Å²) >= 11 is 1.27. The van der Waals surface area contributed by atoms with Crippen molar-refractivity contribution in [1.29, 1.82) is 0 Å². The van der Waals surface area contributed by atoms with Crippen LogP contribution in [0.5, 0.6) is 17.2 Å². The van der Waals surface area contributed by atoms with Crippen molar-refractivity contribution < 1.29 is 23.7 Å². The van der Waals surface area contributed by atoms with Crippen LogP contribution >= 0.6 is 11.3 Å². The third kappa shape index (κ3) is 5.52. The third-order valence-corrected chi connectivity index (χ3v) is 7.17. The smallest absolute Gasteiger partial charge is 0.338 e. The van der Waals surface area contributed by atoms with E-state index in [-0.39, 0.29) is 12.2 Å². The number of ether oxygens (including phenoxy) is 4. The van der Waals surface area contributed by atoms with Crippen molar-refractivity contribution in [2.24, 2.45) is 4.99 Å². The molecule has 0 saturated heterocycles. The Bertz CT molecular complexity index is 1520. The first-order valence-corrected chi connectivity index (χ1v) is 13.4. The second kappa shape index (κ2) is 12.1. The second-order valence-corrected chi connectivity index (χ2v) is 9.70. The number of methoxy groups -OCH3 is 2. The molecule has 0 aliphatic carbocycles. The molecule has 8 nitrogen and oxygen atoms in total. The number of carbonyl (C=O) groups is 1. The molecule has 0 N–H and O–H groups in total. The van der Waals surface area contributed by atoms with Crippen LogP contribution in [0.25, 0.3) is 6.08 Å². The van der Waals surface area contributed by atoms with E-state index < -0.39 is 12.0 Å². The number of fused-ring (bicyclic) bond motifs is 1. The minimum Gasteiger partial charge on any atom is -0.497 e. The fourth-order valence-electron chi connectivity index (χ4n) is 4.26. The Balaban J connectivity index is 1.82. The quantitative estimate of drug-likeness (QED) is 0.288. The molecule has 2 aromatic carbocycles. The van der Waals surface area contributed by atoms with Crippen LogP contribution in [-0.4, -0.2) is 38.0 Å². The Kier molecular flexibility index (Phi) is 8.68. The number of carbonyl (C=O) groups excluding carboxylic acids is 1. The van der Waals surface area contributed by atoms with E-state index in [1.165, 1.54) is 11.3 Å². The van der Waals surface area contributed by atoms with Gasteiger partial charge in [-0.3, -0.25) is 9.36 Å². The van der Waals surface area contributed by atoms with Gasteiger partial charge >= 0.3 is 5.97 Å². The largest absolute Gasteiger partial charge is 0.497 e. The van der Waals surface area contributed by atoms with Crippen LogP contribution in [0.4, 0.5) is 0 Å². The van der Waals surface area contributed by atoms with Crippen LogP contribution in [0.2, 0.25) is 0 Å². The number of esters is 1. The molecule has 1 aliphatic heterocycles. The van der Waals surface area contributed by atoms with Gasteiger partial charge in [-0.2, -0.15) is 0 Å². The number of hydrogen-bond donors (Lipinski definition) is 0. The van der Waals surface area contributed by atoms with E-state index in [0.717, 1.165) is 24.0 Å². The van der Waals surface area contributed by atoms with Gasteiger partial charge in [0.05, 0.1) is 49.3 Å². The zero-order valence-electron chi connectivity index (χ0n) is 22.3. The summed E-state index contributed by atoms with van der Waals surface area (Å²) in [5, 5.41) is 0. The molecule has 0 saturated carbocycles. The zero-order chi connectivity index (χ0) is 27.2. The molecular formula is C29H32N2O6S. The number of benzene rings is 2. The lowest BCUT2D eigenvalue weighted by atomic mass is 9.96. The van der Waals surface area contributed by atoms with Crippen molar-refractivity contribution in [1.82, 2.24) is 4.57 Å². The number of rotatable bonds is 10. The van der Waals surface area contributed by atoms with Crippen LogP contribution in [0.1, 0.15) is 50.8 Å². The Morgan fingerprint density at radius 1 is 1.08 bits per heavy atom. The molecule has 1 aromatic heterocycles. The average molecular weight is 537 g/mol. The van der Waals surface area contributed by atoms with Gasteiger partial charge in [-0.25, -0.2) is 9.79 Å². The monoisotopic (exact) mass is 536 g/mol. The van der Waals surface area contributed by atoms with E-state index in [0.29, 0.717) is 44.5 Å². The minimum atomic E-state index is -0.678. The SMILES string of the molecule is CCCCOc1ccc(/C=c2/sc3n(c2=O)C(c2ccc(OC)cc2)C(C(=O)OCC)=C(C)N=3)cc1OC. The first-order chi connectivity index (χ1) is 18.4. The molecule has 38 heavy (non-hydrogen) atoms. The molecule has 2 heterocycles. The van der Waals surface area contributed by atoms with Gasteiger partial charge in [0.1, 0.15) is 5.75 Å². The summed E-state index contributed by atoms with van der Waals surface area (Å²) in [6.45, 7) is 6.45. The van der Waals surface area contributed by atoms with Crippen LogP contribution in [0, 0.1) is 0 Å². The maximum Gasteiger partial charge on any atom is 0.338 e. The summed E-state index contributed by atoms with van der Waals surface area (Å²) in [7, 11) is 3.18. The Morgan fingerprint density at radius 2 is 1.84 bits per heavy atom. The third-order valence-electron chi connectivity index (χ3n) is 6.19. The fourth-order valence-corrected chi connectivity index (χ4v) is 5.31. The highest BCUT2D eigenvalue weighted by molar-refractivity contribution is 7.07. The molecule has 0 bridgehead atoms. The van der Waals surface area contributed by atoms with Crippen molar-refractivity contribution in [2.45, 2.75) is 39.7 Å². The topological polar surface area (TPSA) is 88.4 Å². The van der Waals surface area contributed by atoms with Gasteiger partial charge < -0.3 is 18.9 Å². The standard InChI is InChI=1S/C29H32N2O6S/c1-6-8-15-37-22-14-9-19(16-23(22)35-5)17-24-27(32)31-26(20-10-12-21(34-4)13-11-20)25(28(33)36-7-2)18(3)30-29(31)38-24/h9-14,16-17,26H,6-8,15H2,1-5H3/b24-17+. The van der Waals surface area contributed by atoms with E-state index in [4.69, 9.17) is 18.9 Å². The molecule has 9 heteroatoms. The normalized spacial score (nSPS) is 15.1. The van der Waals surface area contributed by atoms with Gasteiger partial charge in [0, 0.05) is 0 Å². The lowest BCUT2D eigenvalue weighted by Gasteiger charge is -2.24. The minimum absolute atomic E-state index is 0.218. The molecule has 1 aliphatic rings. The summed E-state index contributed by atoms with van der Waals surface area (Å²) < 4.78 is 24.1. The number of aromatic nitrogens is 1. The van der Waals surface area contributed by atoms with Gasteiger partial charge in [-0.05, 0) is 61.7 Å². The van der Waals surface area contributed by atoms with Gasteiger partial charge in [0.15, 0.2) is 16.3 Å². The molecule has 0 spiro atoms. The lowest BCUT2D eigenvalue weighted by Crippen LogP contribution is -2.39. The van der Waals surface area contributed by atoms with E-state index in [1.807, 2.05) is 30.3 Å². The Hall–Kier alpha value is -3.85.